The SMILES string of the molecule is C=C(CS)CN1CC(C)OC(C)(C)C1. The number of ether oxygens (including phenoxy) is 1. The van der Waals surface area contributed by atoms with Crippen LogP contribution < -0.4 is 0 Å². The van der Waals surface area contributed by atoms with Crippen molar-refractivity contribution in [3.63, 3.8) is 0 Å². The summed E-state index contributed by atoms with van der Waals surface area (Å²) in [5, 5.41) is 0. The van der Waals surface area contributed by atoms with Gasteiger partial charge in [-0.25, -0.2) is 0 Å². The number of hydrogen-bond acceptors (Lipinski definition) is 3. The van der Waals surface area contributed by atoms with E-state index in [9.17, 15) is 0 Å². The molecular formula is C11H21NOS. The average Bonchev–Trinajstić information content (AvgIpc) is 1.99. The highest BCUT2D eigenvalue weighted by Gasteiger charge is 2.30. The summed E-state index contributed by atoms with van der Waals surface area (Å²) in [5.41, 5.74) is 1.15. The fraction of sp³-hybridized carbons (Fsp3) is 0.818. The van der Waals surface area contributed by atoms with E-state index in [-0.39, 0.29) is 5.60 Å². The summed E-state index contributed by atoms with van der Waals surface area (Å²) in [5.74, 6) is 0.770. The Kier molecular flexibility index (Phi) is 4.04. The molecule has 0 bridgehead atoms. The fourth-order valence-electron chi connectivity index (χ4n) is 2.07. The first-order valence-electron chi connectivity index (χ1n) is 5.10. The van der Waals surface area contributed by atoms with Gasteiger partial charge in [-0.3, -0.25) is 4.90 Å². The van der Waals surface area contributed by atoms with Crippen LogP contribution in [0, 0.1) is 0 Å². The van der Waals surface area contributed by atoms with Gasteiger partial charge >= 0.3 is 0 Å². The lowest BCUT2D eigenvalue weighted by Crippen LogP contribution is -2.52. The van der Waals surface area contributed by atoms with Crippen molar-refractivity contribution >= 4 is 12.6 Å². The first-order chi connectivity index (χ1) is 6.43. The lowest BCUT2D eigenvalue weighted by Gasteiger charge is -2.42. The predicted molar refractivity (Wildman–Crippen MR) is 64.1 cm³/mol. The van der Waals surface area contributed by atoms with Crippen LogP contribution in [0.4, 0.5) is 0 Å². The van der Waals surface area contributed by atoms with Crippen LogP contribution >= 0.6 is 12.6 Å². The Morgan fingerprint density at radius 3 is 2.79 bits per heavy atom. The molecule has 0 aromatic carbocycles. The van der Waals surface area contributed by atoms with Gasteiger partial charge < -0.3 is 4.74 Å². The molecule has 1 unspecified atom stereocenters. The molecule has 14 heavy (non-hydrogen) atoms. The summed E-state index contributed by atoms with van der Waals surface area (Å²) < 4.78 is 5.83. The highest BCUT2D eigenvalue weighted by atomic mass is 32.1. The Balaban J connectivity index is 2.50. The largest absolute Gasteiger partial charge is 0.370 e. The van der Waals surface area contributed by atoms with Gasteiger partial charge in [0.15, 0.2) is 0 Å². The molecule has 0 radical (unpaired) electrons. The van der Waals surface area contributed by atoms with E-state index < -0.39 is 0 Å². The zero-order chi connectivity index (χ0) is 10.8. The van der Waals surface area contributed by atoms with Gasteiger partial charge in [0.2, 0.25) is 0 Å². The van der Waals surface area contributed by atoms with Gasteiger partial charge in [0, 0.05) is 25.4 Å². The van der Waals surface area contributed by atoms with E-state index in [1.807, 2.05) is 0 Å². The Morgan fingerprint density at radius 2 is 2.29 bits per heavy atom. The van der Waals surface area contributed by atoms with Gasteiger partial charge in [0.05, 0.1) is 11.7 Å². The maximum absolute atomic E-state index is 5.83. The van der Waals surface area contributed by atoms with Gasteiger partial charge in [0.25, 0.3) is 0 Å². The molecule has 0 aromatic heterocycles. The molecule has 82 valence electrons. The Hall–Kier alpha value is 0.01000. The van der Waals surface area contributed by atoms with Gasteiger partial charge in [-0.05, 0) is 20.8 Å². The summed E-state index contributed by atoms with van der Waals surface area (Å²) >= 11 is 4.22. The molecule has 1 fully saturated rings. The van der Waals surface area contributed by atoms with Crippen LogP contribution in [0.2, 0.25) is 0 Å². The van der Waals surface area contributed by atoms with Crippen molar-refractivity contribution in [2.45, 2.75) is 32.5 Å². The third-order valence-electron chi connectivity index (χ3n) is 2.31. The van der Waals surface area contributed by atoms with Gasteiger partial charge in [0.1, 0.15) is 0 Å². The molecule has 2 nitrogen and oxygen atoms in total. The summed E-state index contributed by atoms with van der Waals surface area (Å²) in [7, 11) is 0. The molecule has 0 saturated carbocycles. The molecule has 1 aliphatic rings. The van der Waals surface area contributed by atoms with E-state index in [0.29, 0.717) is 6.10 Å². The molecule has 3 heteroatoms. The van der Waals surface area contributed by atoms with E-state index in [4.69, 9.17) is 4.74 Å². The minimum atomic E-state index is -0.0332. The minimum absolute atomic E-state index is 0.0332. The molecule has 0 spiro atoms. The second-order valence-electron chi connectivity index (χ2n) is 4.77. The third kappa shape index (κ3) is 3.64. The van der Waals surface area contributed by atoms with E-state index >= 15 is 0 Å². The van der Waals surface area contributed by atoms with E-state index in [1.165, 1.54) is 5.57 Å². The van der Waals surface area contributed by atoms with Crippen molar-refractivity contribution < 1.29 is 4.74 Å². The maximum atomic E-state index is 5.83. The average molecular weight is 215 g/mol. The quantitative estimate of drug-likeness (QED) is 0.571. The van der Waals surface area contributed by atoms with Gasteiger partial charge in [-0.2, -0.15) is 12.6 Å². The van der Waals surface area contributed by atoms with Crippen molar-refractivity contribution in [3.05, 3.63) is 12.2 Å². The van der Waals surface area contributed by atoms with Crippen LogP contribution in [0.25, 0.3) is 0 Å². The number of nitrogens with zero attached hydrogens (tertiary/aromatic N) is 1. The predicted octanol–water partition coefficient (Wildman–Crippen LogP) is 1.97. The zero-order valence-electron chi connectivity index (χ0n) is 9.42. The normalized spacial score (nSPS) is 27.6. The second kappa shape index (κ2) is 4.69. The van der Waals surface area contributed by atoms with E-state index in [2.05, 4.69) is 44.9 Å². The summed E-state index contributed by atoms with van der Waals surface area (Å²) in [6, 6.07) is 0. The first-order valence-corrected chi connectivity index (χ1v) is 5.74. The van der Waals surface area contributed by atoms with E-state index in [1.54, 1.807) is 0 Å². The van der Waals surface area contributed by atoms with Crippen LogP contribution in [0.15, 0.2) is 12.2 Å². The minimum Gasteiger partial charge on any atom is -0.370 e. The monoisotopic (exact) mass is 215 g/mol. The second-order valence-corrected chi connectivity index (χ2v) is 5.08. The molecule has 0 amide bonds. The van der Waals surface area contributed by atoms with E-state index in [0.717, 1.165) is 25.4 Å². The zero-order valence-corrected chi connectivity index (χ0v) is 10.3. The van der Waals surface area contributed by atoms with Gasteiger partial charge in [-0.1, -0.05) is 12.2 Å². The number of rotatable bonds is 3. The van der Waals surface area contributed by atoms with Crippen molar-refractivity contribution in [2.75, 3.05) is 25.4 Å². The van der Waals surface area contributed by atoms with Crippen LogP contribution in [0.1, 0.15) is 20.8 Å². The molecule has 0 aromatic rings. The third-order valence-corrected chi connectivity index (χ3v) is 2.76. The number of morpholine rings is 1. The molecule has 0 N–H and O–H groups in total. The Bertz CT molecular complexity index is 215. The van der Waals surface area contributed by atoms with Crippen LogP contribution in [-0.2, 0) is 4.74 Å². The number of thiol groups is 1. The lowest BCUT2D eigenvalue weighted by atomic mass is 10.1. The highest BCUT2D eigenvalue weighted by molar-refractivity contribution is 7.80. The standard InChI is InChI=1S/C11H21NOS/c1-9(7-14)5-12-6-10(2)13-11(3,4)8-12/h10,14H,1,5-8H2,2-4H3. The van der Waals surface area contributed by atoms with Crippen molar-refractivity contribution in [1.29, 1.82) is 0 Å². The van der Waals surface area contributed by atoms with Crippen molar-refractivity contribution in [1.82, 2.24) is 4.90 Å². The Morgan fingerprint density at radius 1 is 1.64 bits per heavy atom. The molecule has 1 heterocycles. The molecule has 1 aliphatic heterocycles. The molecule has 1 rings (SSSR count). The lowest BCUT2D eigenvalue weighted by molar-refractivity contribution is -0.126. The Labute approximate surface area is 92.7 Å². The number of hydrogen-bond donors (Lipinski definition) is 1. The topological polar surface area (TPSA) is 12.5 Å². The molecule has 1 saturated heterocycles. The first kappa shape index (κ1) is 12.1. The van der Waals surface area contributed by atoms with Crippen molar-refractivity contribution in [2.24, 2.45) is 0 Å². The fourth-order valence-corrected chi connectivity index (χ4v) is 2.17. The van der Waals surface area contributed by atoms with Crippen molar-refractivity contribution in [3.8, 4) is 0 Å². The smallest absolute Gasteiger partial charge is 0.0757 e. The van der Waals surface area contributed by atoms with Gasteiger partial charge in [-0.15, -0.1) is 0 Å². The highest BCUT2D eigenvalue weighted by Crippen LogP contribution is 2.21. The summed E-state index contributed by atoms with van der Waals surface area (Å²) in [6.45, 7) is 13.3. The maximum Gasteiger partial charge on any atom is 0.0757 e. The molecule has 0 aliphatic carbocycles. The summed E-state index contributed by atoms with van der Waals surface area (Å²) in [6.07, 6.45) is 0.312. The molecule has 1 atom stereocenters. The van der Waals surface area contributed by atoms with Crippen LogP contribution in [0.3, 0.4) is 0 Å². The van der Waals surface area contributed by atoms with Crippen LogP contribution in [-0.4, -0.2) is 42.0 Å². The molecular weight excluding hydrogens is 194 g/mol. The summed E-state index contributed by atoms with van der Waals surface area (Å²) in [4.78, 5) is 2.40. The van der Waals surface area contributed by atoms with Crippen LogP contribution in [0.5, 0.6) is 0 Å².